The zero-order valence-corrected chi connectivity index (χ0v) is 10.1. The van der Waals surface area contributed by atoms with E-state index in [1.807, 2.05) is 24.3 Å². The van der Waals surface area contributed by atoms with E-state index in [2.05, 4.69) is 18.3 Å². The van der Waals surface area contributed by atoms with Gasteiger partial charge in [0.15, 0.2) is 0 Å². The second-order valence-electron chi connectivity index (χ2n) is 4.67. The molecule has 0 aromatic heterocycles. The topological polar surface area (TPSA) is 35.8 Å². The lowest BCUT2D eigenvalue weighted by molar-refractivity contribution is 0.558. The van der Waals surface area contributed by atoms with Crippen molar-refractivity contribution in [2.75, 3.05) is 5.32 Å². The molecule has 0 bridgehead atoms. The maximum absolute atomic E-state index is 9.31. The van der Waals surface area contributed by atoms with Crippen LogP contribution in [0.1, 0.15) is 26.2 Å². The standard InChI is InChI=1S/C13H15ClN2/c1-10-6-7-13(8-10,9-15)16-12-4-2-11(14)3-5-12/h2-5,10,16H,6-8H2,1H3. The molecule has 16 heavy (non-hydrogen) atoms. The maximum Gasteiger partial charge on any atom is 0.125 e. The summed E-state index contributed by atoms with van der Waals surface area (Å²) in [7, 11) is 0. The first-order valence-corrected chi connectivity index (χ1v) is 5.96. The van der Waals surface area contributed by atoms with E-state index in [-0.39, 0.29) is 5.54 Å². The first-order valence-electron chi connectivity index (χ1n) is 5.58. The molecule has 2 unspecified atom stereocenters. The SMILES string of the molecule is CC1CCC(C#N)(Nc2ccc(Cl)cc2)C1. The summed E-state index contributed by atoms with van der Waals surface area (Å²) in [5.41, 5.74) is 0.591. The number of rotatable bonds is 2. The fourth-order valence-corrected chi connectivity index (χ4v) is 2.47. The lowest BCUT2D eigenvalue weighted by Gasteiger charge is -2.23. The van der Waals surface area contributed by atoms with Gasteiger partial charge >= 0.3 is 0 Å². The third-order valence-electron chi connectivity index (χ3n) is 3.20. The number of nitriles is 1. The summed E-state index contributed by atoms with van der Waals surface area (Å²) in [6, 6.07) is 9.95. The normalized spacial score (nSPS) is 28.7. The molecule has 0 heterocycles. The molecule has 1 aromatic carbocycles. The van der Waals surface area contributed by atoms with Crippen molar-refractivity contribution in [1.82, 2.24) is 0 Å². The largest absolute Gasteiger partial charge is 0.367 e. The second kappa shape index (κ2) is 4.35. The van der Waals surface area contributed by atoms with E-state index < -0.39 is 0 Å². The Kier molecular flexibility index (Phi) is 3.07. The van der Waals surface area contributed by atoms with Crippen LogP contribution in [-0.4, -0.2) is 5.54 Å². The number of nitrogens with zero attached hydrogens (tertiary/aromatic N) is 1. The molecule has 1 aromatic rings. The highest BCUT2D eigenvalue weighted by molar-refractivity contribution is 6.30. The Morgan fingerprint density at radius 2 is 2.12 bits per heavy atom. The number of hydrogen-bond acceptors (Lipinski definition) is 2. The van der Waals surface area contributed by atoms with Crippen molar-refractivity contribution in [2.45, 2.75) is 31.7 Å². The lowest BCUT2D eigenvalue weighted by atomic mass is 9.98. The van der Waals surface area contributed by atoms with Crippen LogP contribution in [0.25, 0.3) is 0 Å². The molecule has 2 nitrogen and oxygen atoms in total. The van der Waals surface area contributed by atoms with Gasteiger partial charge in [-0.2, -0.15) is 5.26 Å². The van der Waals surface area contributed by atoms with Gasteiger partial charge < -0.3 is 5.32 Å². The highest BCUT2D eigenvalue weighted by Crippen LogP contribution is 2.36. The van der Waals surface area contributed by atoms with Crippen LogP contribution in [0.3, 0.4) is 0 Å². The summed E-state index contributed by atoms with van der Waals surface area (Å²) in [4.78, 5) is 0. The highest BCUT2D eigenvalue weighted by Gasteiger charge is 2.37. The van der Waals surface area contributed by atoms with E-state index in [4.69, 9.17) is 11.6 Å². The molecular weight excluding hydrogens is 220 g/mol. The van der Waals surface area contributed by atoms with Gasteiger partial charge in [0, 0.05) is 10.7 Å². The summed E-state index contributed by atoms with van der Waals surface area (Å²) in [5, 5.41) is 13.4. The molecule has 0 spiro atoms. The molecule has 1 aliphatic carbocycles. The minimum Gasteiger partial charge on any atom is -0.367 e. The van der Waals surface area contributed by atoms with Crippen LogP contribution in [0, 0.1) is 17.2 Å². The number of halogens is 1. The monoisotopic (exact) mass is 234 g/mol. The van der Waals surface area contributed by atoms with Crippen LogP contribution in [0.5, 0.6) is 0 Å². The molecule has 0 radical (unpaired) electrons. The Morgan fingerprint density at radius 3 is 2.62 bits per heavy atom. The Balaban J connectivity index is 2.14. The molecule has 0 amide bonds. The van der Waals surface area contributed by atoms with Gasteiger partial charge in [-0.15, -0.1) is 0 Å². The van der Waals surface area contributed by atoms with Gasteiger partial charge in [0.2, 0.25) is 0 Å². The van der Waals surface area contributed by atoms with Crippen LogP contribution < -0.4 is 5.32 Å². The fourth-order valence-electron chi connectivity index (χ4n) is 2.34. The molecule has 0 aliphatic heterocycles. The molecule has 1 aliphatic rings. The summed E-state index contributed by atoms with van der Waals surface area (Å²) in [5.74, 6) is 0.624. The van der Waals surface area contributed by atoms with Gasteiger partial charge in [-0.1, -0.05) is 18.5 Å². The molecule has 1 N–H and O–H groups in total. The molecule has 1 saturated carbocycles. The van der Waals surface area contributed by atoms with Crippen molar-refractivity contribution in [3.8, 4) is 6.07 Å². The van der Waals surface area contributed by atoms with Crippen molar-refractivity contribution in [1.29, 1.82) is 5.26 Å². The van der Waals surface area contributed by atoms with E-state index in [0.717, 1.165) is 30.0 Å². The number of hydrogen-bond donors (Lipinski definition) is 1. The van der Waals surface area contributed by atoms with E-state index >= 15 is 0 Å². The number of anilines is 1. The Bertz CT molecular complexity index is 407. The highest BCUT2D eigenvalue weighted by atomic mass is 35.5. The zero-order valence-electron chi connectivity index (χ0n) is 9.33. The molecule has 84 valence electrons. The third-order valence-corrected chi connectivity index (χ3v) is 3.45. The first kappa shape index (κ1) is 11.3. The molecule has 3 heteroatoms. The first-order chi connectivity index (χ1) is 7.63. The van der Waals surface area contributed by atoms with E-state index in [9.17, 15) is 5.26 Å². The summed E-state index contributed by atoms with van der Waals surface area (Å²) in [6.45, 7) is 2.20. The fraction of sp³-hybridized carbons (Fsp3) is 0.462. The van der Waals surface area contributed by atoms with E-state index in [0.29, 0.717) is 5.92 Å². The van der Waals surface area contributed by atoms with Gasteiger partial charge in [-0.25, -0.2) is 0 Å². The van der Waals surface area contributed by atoms with Gasteiger partial charge in [-0.05, 0) is 49.4 Å². The molecular formula is C13H15ClN2. The maximum atomic E-state index is 9.31. The van der Waals surface area contributed by atoms with Crippen LogP contribution in [0.2, 0.25) is 5.02 Å². The molecule has 2 rings (SSSR count). The smallest absolute Gasteiger partial charge is 0.125 e. The minimum absolute atomic E-state index is 0.382. The quantitative estimate of drug-likeness (QED) is 0.844. The van der Waals surface area contributed by atoms with Crippen LogP contribution in [0.15, 0.2) is 24.3 Å². The van der Waals surface area contributed by atoms with Gasteiger partial charge in [-0.3, -0.25) is 0 Å². The zero-order chi connectivity index (χ0) is 11.6. The van der Waals surface area contributed by atoms with Gasteiger partial charge in [0.1, 0.15) is 5.54 Å². The lowest BCUT2D eigenvalue weighted by Crippen LogP contribution is -2.33. The molecule has 1 fully saturated rings. The van der Waals surface area contributed by atoms with Crippen molar-refractivity contribution >= 4 is 17.3 Å². The summed E-state index contributed by atoms with van der Waals surface area (Å²) in [6.07, 6.45) is 2.97. The summed E-state index contributed by atoms with van der Waals surface area (Å²) >= 11 is 5.83. The van der Waals surface area contributed by atoms with E-state index in [1.54, 1.807) is 0 Å². The number of benzene rings is 1. The molecule has 2 atom stereocenters. The minimum atomic E-state index is -0.382. The Hall–Kier alpha value is -1.20. The Morgan fingerprint density at radius 1 is 1.44 bits per heavy atom. The Labute approximate surface area is 101 Å². The number of nitrogens with one attached hydrogen (secondary N) is 1. The predicted octanol–water partition coefficient (Wildman–Crippen LogP) is 3.83. The summed E-state index contributed by atoms with van der Waals surface area (Å²) < 4.78 is 0. The molecule has 0 saturated heterocycles. The van der Waals surface area contributed by atoms with Crippen molar-refractivity contribution in [3.05, 3.63) is 29.3 Å². The second-order valence-corrected chi connectivity index (χ2v) is 5.11. The predicted molar refractivity (Wildman–Crippen MR) is 66.4 cm³/mol. The average Bonchev–Trinajstić information content (AvgIpc) is 2.64. The third kappa shape index (κ3) is 2.31. The van der Waals surface area contributed by atoms with E-state index in [1.165, 1.54) is 0 Å². The van der Waals surface area contributed by atoms with Gasteiger partial charge in [0.25, 0.3) is 0 Å². The van der Waals surface area contributed by atoms with Crippen molar-refractivity contribution in [2.24, 2.45) is 5.92 Å². The van der Waals surface area contributed by atoms with Gasteiger partial charge in [0.05, 0.1) is 6.07 Å². The van der Waals surface area contributed by atoms with Crippen molar-refractivity contribution < 1.29 is 0 Å². The van der Waals surface area contributed by atoms with Crippen LogP contribution >= 0.6 is 11.6 Å². The van der Waals surface area contributed by atoms with Crippen LogP contribution in [-0.2, 0) is 0 Å². The average molecular weight is 235 g/mol. The van der Waals surface area contributed by atoms with Crippen molar-refractivity contribution in [3.63, 3.8) is 0 Å². The van der Waals surface area contributed by atoms with Crippen LogP contribution in [0.4, 0.5) is 5.69 Å².